The van der Waals surface area contributed by atoms with Crippen molar-refractivity contribution in [3.63, 3.8) is 0 Å². The van der Waals surface area contributed by atoms with Crippen LogP contribution in [0.25, 0.3) is 0 Å². The fourth-order valence-electron chi connectivity index (χ4n) is 2.50. The second-order valence-corrected chi connectivity index (χ2v) is 7.25. The number of urea groups is 1. The number of anilines is 2. The van der Waals surface area contributed by atoms with E-state index in [0.29, 0.717) is 0 Å². The van der Waals surface area contributed by atoms with Gasteiger partial charge in [0.05, 0.1) is 17.6 Å². The summed E-state index contributed by atoms with van der Waals surface area (Å²) >= 11 is 0. The quantitative estimate of drug-likeness (QED) is 0.793. The zero-order chi connectivity index (χ0) is 16.2. The van der Waals surface area contributed by atoms with Gasteiger partial charge in [-0.15, -0.1) is 0 Å². The van der Waals surface area contributed by atoms with Crippen LogP contribution in [0.4, 0.5) is 20.6 Å². The van der Waals surface area contributed by atoms with Crippen LogP contribution in [0.1, 0.15) is 32.1 Å². The highest BCUT2D eigenvalue weighted by atomic mass is 32.2. The summed E-state index contributed by atoms with van der Waals surface area (Å²) in [5.74, 6) is -0.563. The Morgan fingerprint density at radius 2 is 1.86 bits per heavy atom. The molecule has 0 saturated heterocycles. The molecule has 0 unspecified atom stereocenters. The average Bonchev–Trinajstić information content (AvgIpc) is 2.41. The van der Waals surface area contributed by atoms with Gasteiger partial charge in [0.1, 0.15) is 5.82 Å². The van der Waals surface area contributed by atoms with Gasteiger partial charge in [-0.3, -0.25) is 4.72 Å². The van der Waals surface area contributed by atoms with E-state index in [1.165, 1.54) is 12.5 Å². The first kappa shape index (κ1) is 16.5. The van der Waals surface area contributed by atoms with Crippen LogP contribution in [0.2, 0.25) is 0 Å². The van der Waals surface area contributed by atoms with Crippen LogP contribution in [0.15, 0.2) is 18.2 Å². The number of nitrogens with one attached hydrogen (secondary N) is 3. The number of halogens is 1. The van der Waals surface area contributed by atoms with E-state index in [4.69, 9.17) is 0 Å². The van der Waals surface area contributed by atoms with Crippen LogP contribution in [-0.2, 0) is 10.0 Å². The van der Waals surface area contributed by atoms with Crippen molar-refractivity contribution in [1.29, 1.82) is 0 Å². The predicted molar refractivity (Wildman–Crippen MR) is 83.9 cm³/mol. The van der Waals surface area contributed by atoms with Crippen LogP contribution in [-0.4, -0.2) is 26.7 Å². The number of carbonyl (C=O) groups is 1. The van der Waals surface area contributed by atoms with Crippen molar-refractivity contribution < 1.29 is 17.6 Å². The van der Waals surface area contributed by atoms with E-state index in [9.17, 15) is 17.6 Å². The van der Waals surface area contributed by atoms with Gasteiger partial charge < -0.3 is 10.6 Å². The predicted octanol–water partition coefficient (Wildman–Crippen LogP) is 2.65. The van der Waals surface area contributed by atoms with Crippen molar-refractivity contribution in [3.05, 3.63) is 24.0 Å². The van der Waals surface area contributed by atoms with Gasteiger partial charge in [-0.25, -0.2) is 17.6 Å². The van der Waals surface area contributed by atoms with E-state index >= 15 is 0 Å². The minimum atomic E-state index is -3.52. The van der Waals surface area contributed by atoms with Crippen LogP contribution < -0.4 is 15.4 Å². The van der Waals surface area contributed by atoms with Crippen LogP contribution in [0.5, 0.6) is 0 Å². The summed E-state index contributed by atoms with van der Waals surface area (Å²) < 4.78 is 38.2. The highest BCUT2D eigenvalue weighted by Crippen LogP contribution is 2.24. The van der Waals surface area contributed by atoms with Gasteiger partial charge in [-0.05, 0) is 31.0 Å². The van der Waals surface area contributed by atoms with E-state index in [2.05, 4.69) is 15.4 Å². The SMILES string of the molecule is CS(=O)(=O)Nc1ccc(F)cc1NC(=O)NC1CCCCC1. The first-order valence-corrected chi connectivity index (χ1v) is 9.07. The third-order valence-electron chi connectivity index (χ3n) is 3.47. The van der Waals surface area contributed by atoms with E-state index < -0.39 is 21.9 Å². The van der Waals surface area contributed by atoms with E-state index in [0.717, 1.165) is 44.1 Å². The van der Waals surface area contributed by atoms with Crippen LogP contribution in [0.3, 0.4) is 0 Å². The average molecular weight is 329 g/mol. The molecule has 0 bridgehead atoms. The molecule has 2 rings (SSSR count). The maximum atomic E-state index is 13.3. The molecule has 6 nitrogen and oxygen atoms in total. The third-order valence-corrected chi connectivity index (χ3v) is 4.06. The highest BCUT2D eigenvalue weighted by Gasteiger charge is 2.17. The smallest absolute Gasteiger partial charge is 0.319 e. The fourth-order valence-corrected chi connectivity index (χ4v) is 3.08. The van der Waals surface area contributed by atoms with Gasteiger partial charge in [0.2, 0.25) is 10.0 Å². The summed E-state index contributed by atoms with van der Waals surface area (Å²) in [4.78, 5) is 12.0. The molecule has 122 valence electrons. The molecule has 0 aromatic heterocycles. The zero-order valence-electron chi connectivity index (χ0n) is 12.4. The minimum absolute atomic E-state index is 0.0822. The van der Waals surface area contributed by atoms with Gasteiger partial charge in [-0.2, -0.15) is 0 Å². The van der Waals surface area contributed by atoms with Gasteiger partial charge in [-0.1, -0.05) is 19.3 Å². The Morgan fingerprint density at radius 3 is 2.50 bits per heavy atom. The molecule has 8 heteroatoms. The molecule has 22 heavy (non-hydrogen) atoms. The summed E-state index contributed by atoms with van der Waals surface area (Å²) in [6, 6.07) is 3.11. The second-order valence-electron chi connectivity index (χ2n) is 5.50. The zero-order valence-corrected chi connectivity index (χ0v) is 13.2. The first-order valence-electron chi connectivity index (χ1n) is 7.18. The summed E-state index contributed by atoms with van der Waals surface area (Å²) in [5, 5.41) is 5.33. The van der Waals surface area contributed by atoms with Gasteiger partial charge in [0, 0.05) is 6.04 Å². The molecular weight excluding hydrogens is 309 g/mol. The number of benzene rings is 1. The molecule has 1 aromatic rings. The van der Waals surface area contributed by atoms with Crippen LogP contribution in [0, 0.1) is 5.82 Å². The molecule has 1 fully saturated rings. The van der Waals surface area contributed by atoms with Crippen molar-refractivity contribution in [3.8, 4) is 0 Å². The number of sulfonamides is 1. The van der Waals surface area contributed by atoms with Crippen molar-refractivity contribution in [2.75, 3.05) is 16.3 Å². The summed E-state index contributed by atoms with van der Waals surface area (Å²) in [6.45, 7) is 0. The van der Waals surface area contributed by atoms with E-state index in [1.54, 1.807) is 0 Å². The normalized spacial score (nSPS) is 16.1. The maximum Gasteiger partial charge on any atom is 0.319 e. The van der Waals surface area contributed by atoms with E-state index in [-0.39, 0.29) is 17.4 Å². The molecule has 0 radical (unpaired) electrons. The Morgan fingerprint density at radius 1 is 1.18 bits per heavy atom. The standard InChI is InChI=1S/C14H20FN3O3S/c1-22(20,21)18-12-8-7-10(15)9-13(12)17-14(19)16-11-5-3-2-4-6-11/h7-9,11,18H,2-6H2,1H3,(H2,16,17,19). The Bertz CT molecular complexity index is 643. The summed E-state index contributed by atoms with van der Waals surface area (Å²) in [5.41, 5.74) is 0.210. The summed E-state index contributed by atoms with van der Waals surface area (Å²) in [6.07, 6.45) is 6.15. The first-order chi connectivity index (χ1) is 10.3. The molecule has 1 aromatic carbocycles. The number of hydrogen-bond donors (Lipinski definition) is 3. The Labute approximate surface area is 129 Å². The lowest BCUT2D eigenvalue weighted by Crippen LogP contribution is -2.39. The Kier molecular flexibility index (Phi) is 5.23. The molecule has 0 atom stereocenters. The molecule has 0 heterocycles. The number of carbonyl (C=O) groups excluding carboxylic acids is 1. The highest BCUT2D eigenvalue weighted by molar-refractivity contribution is 7.92. The lowest BCUT2D eigenvalue weighted by atomic mass is 9.96. The van der Waals surface area contributed by atoms with Gasteiger partial charge in [0.15, 0.2) is 0 Å². The summed E-state index contributed by atoms with van der Waals surface area (Å²) in [7, 11) is -3.52. The minimum Gasteiger partial charge on any atom is -0.335 e. The third kappa shape index (κ3) is 5.18. The largest absolute Gasteiger partial charge is 0.335 e. The van der Waals surface area contributed by atoms with Gasteiger partial charge in [0.25, 0.3) is 0 Å². The second kappa shape index (κ2) is 6.95. The number of hydrogen-bond acceptors (Lipinski definition) is 3. The Hall–Kier alpha value is -1.83. The fraction of sp³-hybridized carbons (Fsp3) is 0.500. The topological polar surface area (TPSA) is 87.3 Å². The number of amides is 2. The monoisotopic (exact) mass is 329 g/mol. The molecule has 3 N–H and O–H groups in total. The lowest BCUT2D eigenvalue weighted by molar-refractivity contribution is 0.244. The molecule has 0 aliphatic heterocycles. The number of rotatable bonds is 4. The lowest BCUT2D eigenvalue weighted by Gasteiger charge is -2.23. The van der Waals surface area contributed by atoms with Crippen LogP contribution >= 0.6 is 0 Å². The maximum absolute atomic E-state index is 13.3. The van der Waals surface area contributed by atoms with Crippen molar-refractivity contribution in [1.82, 2.24) is 5.32 Å². The molecular formula is C14H20FN3O3S. The van der Waals surface area contributed by atoms with Crippen molar-refractivity contribution >= 4 is 27.4 Å². The molecule has 2 amide bonds. The van der Waals surface area contributed by atoms with E-state index in [1.807, 2.05) is 0 Å². The van der Waals surface area contributed by atoms with Gasteiger partial charge >= 0.3 is 6.03 Å². The molecule has 1 aliphatic rings. The van der Waals surface area contributed by atoms with Crippen molar-refractivity contribution in [2.45, 2.75) is 38.1 Å². The Balaban J connectivity index is 2.06. The molecule has 0 spiro atoms. The van der Waals surface area contributed by atoms with Crippen molar-refractivity contribution in [2.24, 2.45) is 0 Å². The molecule has 1 aliphatic carbocycles. The molecule has 1 saturated carbocycles.